The van der Waals surface area contributed by atoms with Crippen LogP contribution in [0.2, 0.25) is 0 Å². The molecule has 1 aliphatic carbocycles. The Labute approximate surface area is 122 Å². The summed E-state index contributed by atoms with van der Waals surface area (Å²) in [6, 6.07) is 8.28. The molecule has 3 nitrogen and oxygen atoms in total. The summed E-state index contributed by atoms with van der Waals surface area (Å²) >= 11 is 0. The van der Waals surface area contributed by atoms with Gasteiger partial charge in [-0.15, -0.1) is 0 Å². The first kappa shape index (κ1) is 13.9. The minimum absolute atomic E-state index is 0.431. The highest BCUT2D eigenvalue weighted by Crippen LogP contribution is 2.38. The maximum Gasteiger partial charge on any atom is 0.119 e. The number of likely N-dealkylation sites (tertiary alicyclic amines) is 1. The molecule has 0 radical (unpaired) electrons. The second-order valence-corrected chi connectivity index (χ2v) is 6.19. The zero-order valence-electron chi connectivity index (χ0n) is 12.9. The van der Waals surface area contributed by atoms with Gasteiger partial charge >= 0.3 is 0 Å². The number of benzene rings is 1. The van der Waals surface area contributed by atoms with E-state index >= 15 is 0 Å². The summed E-state index contributed by atoms with van der Waals surface area (Å²) in [5.74, 6) is 0.969. The van der Waals surface area contributed by atoms with Crippen LogP contribution in [0.1, 0.15) is 43.4 Å². The molecule has 20 heavy (non-hydrogen) atoms. The molecule has 0 saturated carbocycles. The molecule has 1 saturated heterocycles. The largest absolute Gasteiger partial charge is 0.497 e. The second-order valence-electron chi connectivity index (χ2n) is 6.19. The molecule has 3 atom stereocenters. The van der Waals surface area contributed by atoms with Crippen molar-refractivity contribution in [1.82, 2.24) is 10.2 Å². The molecule has 0 spiro atoms. The van der Waals surface area contributed by atoms with Crippen molar-refractivity contribution in [1.29, 1.82) is 0 Å². The Morgan fingerprint density at radius 2 is 2.15 bits per heavy atom. The molecule has 1 aromatic carbocycles. The third-order valence-electron chi connectivity index (χ3n) is 5.09. The van der Waals surface area contributed by atoms with E-state index in [-0.39, 0.29) is 0 Å². The van der Waals surface area contributed by atoms with E-state index in [1.807, 2.05) is 0 Å². The minimum atomic E-state index is 0.431. The number of hydrogen-bond donors (Lipinski definition) is 1. The highest BCUT2D eigenvalue weighted by atomic mass is 16.5. The molecule has 3 heteroatoms. The summed E-state index contributed by atoms with van der Waals surface area (Å²) in [6.45, 7) is 3.63. The van der Waals surface area contributed by atoms with Crippen molar-refractivity contribution in [3.05, 3.63) is 29.3 Å². The zero-order chi connectivity index (χ0) is 14.1. The van der Waals surface area contributed by atoms with Crippen LogP contribution < -0.4 is 10.1 Å². The van der Waals surface area contributed by atoms with Gasteiger partial charge in [-0.05, 0) is 63.0 Å². The van der Waals surface area contributed by atoms with Crippen molar-refractivity contribution in [3.63, 3.8) is 0 Å². The lowest BCUT2D eigenvalue weighted by atomic mass is 9.98. The predicted octanol–water partition coefficient (Wildman–Crippen LogP) is 2.75. The maximum absolute atomic E-state index is 5.39. The van der Waals surface area contributed by atoms with Crippen molar-refractivity contribution < 1.29 is 4.74 Å². The Kier molecular flexibility index (Phi) is 3.99. The molecule has 110 valence electrons. The van der Waals surface area contributed by atoms with Crippen LogP contribution >= 0.6 is 0 Å². The van der Waals surface area contributed by atoms with Crippen LogP contribution in [-0.2, 0) is 6.42 Å². The van der Waals surface area contributed by atoms with Gasteiger partial charge in [0.25, 0.3) is 0 Å². The summed E-state index contributed by atoms with van der Waals surface area (Å²) in [4.78, 5) is 2.72. The Morgan fingerprint density at radius 1 is 1.30 bits per heavy atom. The molecule has 1 heterocycles. The average Bonchev–Trinajstić information content (AvgIpc) is 2.84. The standard InChI is InChI=1S/C17H26N2O/c1-12-6-4-5-9-19(12)16-10-13-7-8-14(20-3)11-15(13)17(16)18-2/h7-8,11-12,16-18H,4-6,9-10H2,1-3H3. The Balaban J connectivity index is 1.88. The fraction of sp³-hybridized carbons (Fsp3) is 0.647. The van der Waals surface area contributed by atoms with E-state index in [9.17, 15) is 0 Å². The summed E-state index contributed by atoms with van der Waals surface area (Å²) in [6.07, 6.45) is 5.23. The number of ether oxygens (including phenoxy) is 1. The van der Waals surface area contributed by atoms with E-state index in [0.717, 1.165) is 12.2 Å². The Hall–Kier alpha value is -1.06. The number of nitrogens with zero attached hydrogens (tertiary/aromatic N) is 1. The first-order chi connectivity index (χ1) is 9.74. The second kappa shape index (κ2) is 5.74. The van der Waals surface area contributed by atoms with E-state index < -0.39 is 0 Å². The molecule has 3 unspecified atom stereocenters. The number of methoxy groups -OCH3 is 1. The molecule has 3 rings (SSSR count). The van der Waals surface area contributed by atoms with Crippen LogP contribution in [0.15, 0.2) is 18.2 Å². The third kappa shape index (κ3) is 2.33. The first-order valence-electron chi connectivity index (χ1n) is 7.84. The fourth-order valence-electron chi connectivity index (χ4n) is 4.00. The normalized spacial score (nSPS) is 30.2. The highest BCUT2D eigenvalue weighted by Gasteiger charge is 2.38. The van der Waals surface area contributed by atoms with Gasteiger partial charge in [0.2, 0.25) is 0 Å². The van der Waals surface area contributed by atoms with Crippen LogP contribution in [0.3, 0.4) is 0 Å². The van der Waals surface area contributed by atoms with Crippen molar-refractivity contribution >= 4 is 0 Å². The van der Waals surface area contributed by atoms with Gasteiger partial charge in [0.05, 0.1) is 7.11 Å². The number of hydrogen-bond acceptors (Lipinski definition) is 3. The van der Waals surface area contributed by atoms with E-state index in [1.54, 1.807) is 7.11 Å². The fourth-order valence-corrected chi connectivity index (χ4v) is 4.00. The van der Waals surface area contributed by atoms with E-state index in [0.29, 0.717) is 18.1 Å². The van der Waals surface area contributed by atoms with Crippen molar-refractivity contribution in [2.45, 2.75) is 50.7 Å². The average molecular weight is 274 g/mol. The van der Waals surface area contributed by atoms with Gasteiger partial charge in [0, 0.05) is 18.1 Å². The lowest BCUT2D eigenvalue weighted by Crippen LogP contribution is -2.49. The van der Waals surface area contributed by atoms with Crippen LogP contribution in [0.5, 0.6) is 5.75 Å². The van der Waals surface area contributed by atoms with Crippen LogP contribution in [0, 0.1) is 0 Å². The summed E-state index contributed by atoms with van der Waals surface area (Å²) < 4.78 is 5.39. The molecule has 1 fully saturated rings. The minimum Gasteiger partial charge on any atom is -0.497 e. The number of piperidine rings is 1. The lowest BCUT2D eigenvalue weighted by molar-refractivity contribution is 0.0895. The molecule has 1 N–H and O–H groups in total. The van der Waals surface area contributed by atoms with Crippen LogP contribution in [0.25, 0.3) is 0 Å². The van der Waals surface area contributed by atoms with Crippen molar-refractivity contribution in [2.75, 3.05) is 20.7 Å². The van der Waals surface area contributed by atoms with Gasteiger partial charge in [-0.25, -0.2) is 0 Å². The Bertz CT molecular complexity index is 474. The quantitative estimate of drug-likeness (QED) is 0.917. The molecule has 1 aromatic rings. The van der Waals surface area contributed by atoms with E-state index in [4.69, 9.17) is 4.74 Å². The lowest BCUT2D eigenvalue weighted by Gasteiger charge is -2.40. The molecular weight excluding hydrogens is 248 g/mol. The SMILES string of the molecule is CNC1c2cc(OC)ccc2CC1N1CCCCC1C. The number of fused-ring (bicyclic) bond motifs is 1. The van der Waals surface area contributed by atoms with Crippen LogP contribution in [-0.4, -0.2) is 37.7 Å². The van der Waals surface area contributed by atoms with Crippen molar-refractivity contribution in [2.24, 2.45) is 0 Å². The molecule has 2 aliphatic rings. The molecule has 1 aliphatic heterocycles. The van der Waals surface area contributed by atoms with Gasteiger partial charge in [-0.2, -0.15) is 0 Å². The molecule has 0 amide bonds. The smallest absolute Gasteiger partial charge is 0.119 e. The van der Waals surface area contributed by atoms with Crippen LogP contribution in [0.4, 0.5) is 0 Å². The molecule has 0 bridgehead atoms. The molecular formula is C17H26N2O. The number of rotatable bonds is 3. The Morgan fingerprint density at radius 3 is 2.85 bits per heavy atom. The molecule has 0 aromatic heterocycles. The third-order valence-corrected chi connectivity index (χ3v) is 5.09. The van der Waals surface area contributed by atoms with E-state index in [1.165, 1.54) is 36.9 Å². The maximum atomic E-state index is 5.39. The summed E-state index contributed by atoms with van der Waals surface area (Å²) in [5.41, 5.74) is 2.91. The summed E-state index contributed by atoms with van der Waals surface area (Å²) in [7, 11) is 3.83. The topological polar surface area (TPSA) is 24.5 Å². The van der Waals surface area contributed by atoms with Gasteiger partial charge in [-0.3, -0.25) is 4.90 Å². The monoisotopic (exact) mass is 274 g/mol. The van der Waals surface area contributed by atoms with E-state index in [2.05, 4.69) is 42.4 Å². The number of likely N-dealkylation sites (N-methyl/N-ethyl adjacent to an activating group) is 1. The predicted molar refractivity (Wildman–Crippen MR) is 82.3 cm³/mol. The van der Waals surface area contributed by atoms with Gasteiger partial charge in [-0.1, -0.05) is 12.5 Å². The number of nitrogens with one attached hydrogen (secondary N) is 1. The first-order valence-corrected chi connectivity index (χ1v) is 7.84. The highest BCUT2D eigenvalue weighted by molar-refractivity contribution is 5.43. The van der Waals surface area contributed by atoms with Gasteiger partial charge in [0.15, 0.2) is 0 Å². The zero-order valence-corrected chi connectivity index (χ0v) is 12.9. The van der Waals surface area contributed by atoms with Gasteiger partial charge < -0.3 is 10.1 Å². The summed E-state index contributed by atoms with van der Waals surface area (Å²) in [5, 5.41) is 3.54. The van der Waals surface area contributed by atoms with Crippen molar-refractivity contribution in [3.8, 4) is 5.75 Å². The van der Waals surface area contributed by atoms with Gasteiger partial charge in [0.1, 0.15) is 5.75 Å².